The van der Waals surface area contributed by atoms with Gasteiger partial charge < -0.3 is 10.1 Å². The highest BCUT2D eigenvalue weighted by molar-refractivity contribution is 7.90. The Hall–Kier alpha value is -2.85. The number of nitrogens with zero attached hydrogens (tertiary/aromatic N) is 3. The minimum absolute atomic E-state index is 0.123. The quantitative estimate of drug-likeness (QED) is 0.599. The maximum atomic E-state index is 13.1. The van der Waals surface area contributed by atoms with Gasteiger partial charge in [0.05, 0.1) is 33.9 Å². The van der Waals surface area contributed by atoms with Gasteiger partial charge in [-0.25, -0.2) is 8.42 Å². The predicted molar refractivity (Wildman–Crippen MR) is 115 cm³/mol. The summed E-state index contributed by atoms with van der Waals surface area (Å²) >= 11 is 0. The van der Waals surface area contributed by atoms with Crippen molar-refractivity contribution in [2.24, 2.45) is 0 Å². The molecule has 164 valence electrons. The van der Waals surface area contributed by atoms with Crippen molar-refractivity contribution in [2.45, 2.75) is 43.0 Å². The number of aromatic nitrogens is 4. The molecule has 2 N–H and O–H groups in total. The lowest BCUT2D eigenvalue weighted by Crippen LogP contribution is -2.29. The van der Waals surface area contributed by atoms with Crippen molar-refractivity contribution in [3.05, 3.63) is 47.7 Å². The summed E-state index contributed by atoms with van der Waals surface area (Å²) in [6.45, 7) is 3.31. The highest BCUT2D eigenvalue weighted by Crippen LogP contribution is 2.31. The maximum Gasteiger partial charge on any atom is 0.254 e. The molecule has 1 fully saturated rings. The number of carbonyl (C=O) groups excluding carboxylic acids is 1. The second kappa shape index (κ2) is 8.72. The smallest absolute Gasteiger partial charge is 0.254 e. The minimum Gasteiger partial charge on any atom is -0.381 e. The summed E-state index contributed by atoms with van der Waals surface area (Å²) < 4.78 is 29.2. The number of hydrogen-bond acceptors (Lipinski definition) is 7. The van der Waals surface area contributed by atoms with E-state index in [4.69, 9.17) is 4.74 Å². The van der Waals surface area contributed by atoms with Crippen molar-refractivity contribution in [3.8, 4) is 0 Å². The number of nitrogens with one attached hydrogen (secondary N) is 2. The largest absolute Gasteiger partial charge is 0.381 e. The van der Waals surface area contributed by atoms with E-state index in [0.29, 0.717) is 36.1 Å². The van der Waals surface area contributed by atoms with Crippen molar-refractivity contribution in [3.63, 3.8) is 0 Å². The number of sulfone groups is 1. The molecule has 4 heterocycles. The van der Waals surface area contributed by atoms with Crippen LogP contribution >= 0.6 is 0 Å². The van der Waals surface area contributed by atoms with Gasteiger partial charge >= 0.3 is 0 Å². The van der Waals surface area contributed by atoms with Gasteiger partial charge in [0.2, 0.25) is 0 Å². The van der Waals surface area contributed by atoms with Gasteiger partial charge in [0.25, 0.3) is 5.91 Å². The number of pyridine rings is 2. The Labute approximate surface area is 180 Å². The van der Waals surface area contributed by atoms with Crippen LogP contribution in [-0.2, 0) is 14.6 Å². The first-order chi connectivity index (χ1) is 14.9. The second-order valence-electron chi connectivity index (χ2n) is 7.76. The van der Waals surface area contributed by atoms with Crippen molar-refractivity contribution in [1.29, 1.82) is 0 Å². The normalized spacial score (nSPS) is 16.3. The number of ether oxygens (including phenoxy) is 1. The number of aromatic amines is 1. The van der Waals surface area contributed by atoms with Gasteiger partial charge in [-0.2, -0.15) is 5.10 Å². The molecule has 3 aromatic rings. The zero-order chi connectivity index (χ0) is 22.0. The molecule has 0 saturated carbocycles. The maximum absolute atomic E-state index is 13.1. The van der Waals surface area contributed by atoms with Gasteiger partial charge in [-0.1, -0.05) is 6.92 Å². The Kier molecular flexibility index (Phi) is 6.01. The SMILES string of the molecule is CC[C@H](NC(=O)c1cnc(C2CCOCC2)c2[nH]ncc12)c1cncc(S(C)(=O)=O)c1. The van der Waals surface area contributed by atoms with Gasteiger partial charge in [-0.15, -0.1) is 0 Å². The molecule has 3 aromatic heterocycles. The minimum atomic E-state index is -3.39. The zero-order valence-corrected chi connectivity index (χ0v) is 18.3. The van der Waals surface area contributed by atoms with E-state index in [9.17, 15) is 13.2 Å². The van der Waals surface area contributed by atoms with Crippen LogP contribution in [-0.4, -0.2) is 54.0 Å². The topological polar surface area (TPSA) is 127 Å². The summed E-state index contributed by atoms with van der Waals surface area (Å²) in [6, 6.07) is 1.16. The molecule has 0 aromatic carbocycles. The lowest BCUT2D eigenvalue weighted by Gasteiger charge is -2.22. The Balaban J connectivity index is 1.62. The average molecular weight is 444 g/mol. The van der Waals surface area contributed by atoms with Gasteiger partial charge in [0.15, 0.2) is 9.84 Å². The molecule has 31 heavy (non-hydrogen) atoms. The van der Waals surface area contributed by atoms with Crippen LogP contribution in [0.3, 0.4) is 0 Å². The number of rotatable bonds is 6. The molecule has 1 saturated heterocycles. The summed E-state index contributed by atoms with van der Waals surface area (Å²) in [5.74, 6) is -0.0314. The number of carbonyl (C=O) groups is 1. The molecule has 9 nitrogen and oxygen atoms in total. The molecule has 10 heteroatoms. The highest BCUT2D eigenvalue weighted by Gasteiger charge is 2.24. The third-order valence-corrected chi connectivity index (χ3v) is 6.73. The zero-order valence-electron chi connectivity index (χ0n) is 17.5. The van der Waals surface area contributed by atoms with Crippen LogP contribution in [0, 0.1) is 0 Å². The van der Waals surface area contributed by atoms with Crippen LogP contribution in [0.25, 0.3) is 10.9 Å². The Morgan fingerprint density at radius 2 is 2.03 bits per heavy atom. The van der Waals surface area contributed by atoms with Crippen LogP contribution in [0.4, 0.5) is 0 Å². The first kappa shape index (κ1) is 21.4. The van der Waals surface area contributed by atoms with Crippen LogP contribution in [0.5, 0.6) is 0 Å². The monoisotopic (exact) mass is 443 g/mol. The van der Waals surface area contributed by atoms with Crippen LogP contribution in [0.1, 0.15) is 59.8 Å². The van der Waals surface area contributed by atoms with Crippen molar-refractivity contribution in [2.75, 3.05) is 19.5 Å². The van der Waals surface area contributed by atoms with Crippen molar-refractivity contribution >= 4 is 26.6 Å². The van der Waals surface area contributed by atoms with Crippen LogP contribution in [0.2, 0.25) is 0 Å². The third kappa shape index (κ3) is 4.45. The Morgan fingerprint density at radius 1 is 1.26 bits per heavy atom. The van der Waals surface area contributed by atoms with Crippen molar-refractivity contribution < 1.29 is 17.9 Å². The van der Waals surface area contributed by atoms with Crippen molar-refractivity contribution in [1.82, 2.24) is 25.5 Å². The molecule has 0 unspecified atom stereocenters. The molecule has 1 atom stereocenters. The van der Waals surface area contributed by atoms with Gasteiger partial charge in [0.1, 0.15) is 0 Å². The molecular formula is C21H25N5O4S. The number of hydrogen-bond donors (Lipinski definition) is 2. The summed E-state index contributed by atoms with van der Waals surface area (Å²) in [5, 5.41) is 10.8. The fourth-order valence-electron chi connectivity index (χ4n) is 3.90. The van der Waals surface area contributed by atoms with E-state index in [1.54, 1.807) is 24.7 Å². The number of amides is 1. The molecule has 1 amide bonds. The van der Waals surface area contributed by atoms with E-state index < -0.39 is 9.84 Å². The predicted octanol–water partition coefficient (Wildman–Crippen LogP) is 2.53. The van der Waals surface area contributed by atoms with Gasteiger partial charge in [-0.05, 0) is 30.9 Å². The standard InChI is InChI=1S/C21H25N5O4S/c1-3-18(14-8-15(10-22-9-14)31(2,28)29)25-21(27)17-11-23-19(13-4-6-30-7-5-13)20-16(17)12-24-26-20/h8-13,18H,3-7H2,1-2H3,(H,24,26)(H,25,27)/t18-/m0/s1. The average Bonchev–Trinajstić information content (AvgIpc) is 3.26. The number of H-pyrrole nitrogens is 1. The highest BCUT2D eigenvalue weighted by atomic mass is 32.2. The van der Waals surface area contributed by atoms with E-state index in [-0.39, 0.29) is 22.8 Å². The second-order valence-corrected chi connectivity index (χ2v) is 9.78. The molecule has 0 radical (unpaired) electrons. The van der Waals surface area contributed by atoms with E-state index >= 15 is 0 Å². The summed E-state index contributed by atoms with van der Waals surface area (Å²) in [6.07, 6.45) is 9.59. The third-order valence-electron chi connectivity index (χ3n) is 5.65. The molecule has 0 bridgehead atoms. The first-order valence-corrected chi connectivity index (χ1v) is 12.1. The summed E-state index contributed by atoms with van der Waals surface area (Å²) in [5.41, 5.74) is 2.73. The first-order valence-electron chi connectivity index (χ1n) is 10.2. The fraction of sp³-hybridized carbons (Fsp3) is 0.429. The molecule has 1 aliphatic heterocycles. The van der Waals surface area contributed by atoms with Gasteiger partial charge in [0, 0.05) is 49.4 Å². The molecular weight excluding hydrogens is 418 g/mol. The summed E-state index contributed by atoms with van der Waals surface area (Å²) in [7, 11) is -3.39. The molecule has 0 aliphatic carbocycles. The van der Waals surface area contributed by atoms with E-state index in [2.05, 4.69) is 25.5 Å². The van der Waals surface area contributed by atoms with E-state index in [1.165, 1.54) is 6.20 Å². The summed E-state index contributed by atoms with van der Waals surface area (Å²) in [4.78, 5) is 21.9. The number of fused-ring (bicyclic) bond motifs is 1. The van der Waals surface area contributed by atoms with Crippen LogP contribution in [0.15, 0.2) is 35.7 Å². The van der Waals surface area contributed by atoms with E-state index in [1.807, 2.05) is 6.92 Å². The lowest BCUT2D eigenvalue weighted by atomic mass is 9.94. The Morgan fingerprint density at radius 3 is 2.74 bits per heavy atom. The van der Waals surface area contributed by atoms with Crippen LogP contribution < -0.4 is 5.32 Å². The fourth-order valence-corrected chi connectivity index (χ4v) is 4.50. The molecule has 1 aliphatic rings. The lowest BCUT2D eigenvalue weighted by molar-refractivity contribution is 0.0847. The Bertz CT molecular complexity index is 1200. The molecule has 0 spiro atoms. The molecule has 4 rings (SSSR count). The van der Waals surface area contributed by atoms with Gasteiger partial charge in [-0.3, -0.25) is 19.9 Å². The van der Waals surface area contributed by atoms with E-state index in [0.717, 1.165) is 30.3 Å².